The van der Waals surface area contributed by atoms with Gasteiger partial charge in [0.2, 0.25) is 0 Å². The Morgan fingerprint density at radius 2 is 1.80 bits per heavy atom. The van der Waals surface area contributed by atoms with Gasteiger partial charge in [-0.3, -0.25) is 4.18 Å². The molecule has 0 heterocycles. The van der Waals surface area contributed by atoms with E-state index in [9.17, 15) is 13.4 Å². The van der Waals surface area contributed by atoms with Crippen LogP contribution < -0.4 is 103 Å². The molecule has 0 unspecified atom stereocenters. The maximum Gasteiger partial charge on any atom is 1.00 e. The van der Waals surface area contributed by atoms with Crippen molar-refractivity contribution in [3.63, 3.8) is 0 Å². The number of nitrogens with zero attached hydrogens (tertiary/aromatic N) is 1. The summed E-state index contributed by atoms with van der Waals surface area (Å²) >= 11 is 0. The Morgan fingerprint density at radius 3 is 2.25 bits per heavy atom. The van der Waals surface area contributed by atoms with Gasteiger partial charge in [-0.1, -0.05) is 17.7 Å². The first-order valence-corrected chi connectivity index (χ1v) is 6.93. The number of aryl methyl sites for hydroxylation is 1. The van der Waals surface area contributed by atoms with E-state index in [0.29, 0.717) is 0 Å². The van der Waals surface area contributed by atoms with E-state index in [2.05, 4.69) is 0 Å². The van der Waals surface area contributed by atoms with E-state index in [1.165, 1.54) is 23.5 Å². The minimum absolute atomic E-state index is 0. The van der Waals surface area contributed by atoms with Crippen LogP contribution in [0.15, 0.2) is 29.2 Å². The molecule has 20 heavy (non-hydrogen) atoms. The van der Waals surface area contributed by atoms with Crippen LogP contribution in [0.25, 0.3) is 0 Å². The number of likely N-dealkylation sites (N-methyl/N-ethyl adjacent to an activating group) is 1. The first-order chi connectivity index (χ1) is 8.33. The van der Waals surface area contributed by atoms with Crippen molar-refractivity contribution in [2.75, 3.05) is 13.7 Å². The maximum absolute atomic E-state index is 11.8. The second kappa shape index (κ2) is 11.9. The van der Waals surface area contributed by atoms with Crippen molar-refractivity contribution in [1.29, 1.82) is 0 Å². The Morgan fingerprint density at radius 1 is 1.30 bits per heavy atom. The Hall–Kier alpha value is 2.39. The molecule has 0 saturated carbocycles. The summed E-state index contributed by atoms with van der Waals surface area (Å²) in [5, 5.41) is 9.19. The molecule has 0 spiro atoms. The van der Waals surface area contributed by atoms with Crippen LogP contribution in [0.1, 0.15) is 5.56 Å². The van der Waals surface area contributed by atoms with Gasteiger partial charge in [-0.15, -0.1) is 0 Å². The molecule has 5 nitrogen and oxygen atoms in total. The Bertz CT molecular complexity index is 482. The monoisotopic (exact) mass is 348 g/mol. The number of hydrogen-bond acceptors (Lipinski definition) is 5. The molecule has 0 radical (unpaired) electrons. The van der Waals surface area contributed by atoms with Gasteiger partial charge in [0, 0.05) is 0 Å². The van der Waals surface area contributed by atoms with Crippen LogP contribution in [0, 0.1) is 13.5 Å². The summed E-state index contributed by atoms with van der Waals surface area (Å²) in [7, 11) is -2.79. The van der Waals surface area contributed by atoms with Crippen LogP contribution in [-0.2, 0) is 14.3 Å². The van der Waals surface area contributed by atoms with Crippen LogP contribution in [0.2, 0.25) is 6.82 Å². The predicted octanol–water partition coefficient (Wildman–Crippen LogP) is -5.09. The zero-order valence-electron chi connectivity index (χ0n) is 12.7. The fourth-order valence-corrected chi connectivity index (χ4v) is 2.01. The second-order valence-electron chi connectivity index (χ2n) is 4.03. The normalized spacial score (nSPS) is 10.7. The molecule has 0 aliphatic carbocycles. The average Bonchev–Trinajstić information content (AvgIpc) is 2.29. The first kappa shape index (κ1) is 24.6. The zero-order valence-corrected chi connectivity index (χ0v) is 19.8. The van der Waals surface area contributed by atoms with E-state index in [0.717, 1.165) is 5.56 Å². The van der Waals surface area contributed by atoms with Crippen LogP contribution in [0.4, 0.5) is 0 Å². The molecule has 0 aromatic heterocycles. The van der Waals surface area contributed by atoms with Crippen LogP contribution >= 0.6 is 0 Å². The van der Waals surface area contributed by atoms with Crippen molar-refractivity contribution >= 4 is 17.2 Å². The van der Waals surface area contributed by atoms with E-state index >= 15 is 0 Å². The van der Waals surface area contributed by atoms with E-state index in [4.69, 9.17) is 4.18 Å². The summed E-state index contributed by atoms with van der Waals surface area (Å²) in [5.74, 6) is 0. The summed E-state index contributed by atoms with van der Waals surface area (Å²) < 4.78 is 28.4. The Labute approximate surface area is 206 Å². The summed E-state index contributed by atoms with van der Waals surface area (Å²) in [5.41, 5.74) is 0.981. The molecular formula is C11H17BK2NO4S+. The van der Waals surface area contributed by atoms with E-state index in [1.807, 2.05) is 6.92 Å². The number of hydrogen-bond donors (Lipinski definition) is 1. The van der Waals surface area contributed by atoms with E-state index in [1.54, 1.807) is 26.0 Å². The first-order valence-electron chi connectivity index (χ1n) is 5.52. The third-order valence-electron chi connectivity index (χ3n) is 2.48. The molecule has 0 aliphatic heterocycles. The topological polar surface area (TPSA) is 66.8 Å². The van der Waals surface area contributed by atoms with Crippen molar-refractivity contribution in [2.45, 2.75) is 18.6 Å². The molecule has 1 N–H and O–H groups in total. The summed E-state index contributed by atoms with van der Waals surface area (Å²) in [6.45, 7) is 4.81. The molecule has 0 fully saturated rings. The van der Waals surface area contributed by atoms with Crippen molar-refractivity contribution in [1.82, 2.24) is 4.81 Å². The smallest absolute Gasteiger partial charge is 0.473 e. The molecule has 1 aromatic carbocycles. The van der Waals surface area contributed by atoms with Crippen LogP contribution in [0.5, 0.6) is 0 Å². The Balaban J connectivity index is 0. The van der Waals surface area contributed by atoms with Crippen molar-refractivity contribution in [2.24, 2.45) is 0 Å². The van der Waals surface area contributed by atoms with Gasteiger partial charge in [0.1, 0.15) is 0 Å². The van der Waals surface area contributed by atoms with Gasteiger partial charge in [0.05, 0.1) is 4.90 Å². The molecule has 0 aliphatic rings. The maximum atomic E-state index is 11.8. The van der Waals surface area contributed by atoms with Crippen LogP contribution in [0.3, 0.4) is 0 Å². The molecule has 0 bridgehead atoms. The molecule has 9 heteroatoms. The third-order valence-corrected chi connectivity index (χ3v) is 3.78. The van der Waals surface area contributed by atoms with Crippen molar-refractivity contribution < 1.29 is 120 Å². The van der Waals surface area contributed by atoms with E-state index < -0.39 is 17.2 Å². The number of rotatable bonds is 6. The molecule has 0 atom stereocenters. The zero-order chi connectivity index (χ0) is 13.8. The summed E-state index contributed by atoms with van der Waals surface area (Å²) in [6.07, 6.45) is 0. The minimum atomic E-state index is -3.74. The van der Waals surface area contributed by atoms with Gasteiger partial charge in [-0.05, 0) is 39.5 Å². The van der Waals surface area contributed by atoms with Gasteiger partial charge in [0.15, 0.2) is 0 Å². The van der Waals surface area contributed by atoms with Gasteiger partial charge in [-0.25, -0.2) is 6.54 Å². The molecule has 1 rings (SSSR count). The molecular weight excluding hydrogens is 331 g/mol. The van der Waals surface area contributed by atoms with Gasteiger partial charge < -0.3 is 9.83 Å². The third kappa shape index (κ3) is 8.87. The van der Waals surface area contributed by atoms with Crippen molar-refractivity contribution in [3.8, 4) is 0 Å². The Kier molecular flexibility index (Phi) is 14.6. The number of benzene rings is 1. The van der Waals surface area contributed by atoms with Gasteiger partial charge in [0.25, 0.3) is 10.1 Å². The van der Waals surface area contributed by atoms with E-state index in [-0.39, 0.29) is 114 Å². The fraction of sp³-hybridized carbons (Fsp3) is 0.364. The SMILES string of the molecule is CB(O)N(C)[CH-]COS(=O)(=O)c1ccc(C)cc1.[K+].[K+]. The predicted molar refractivity (Wildman–Crippen MR) is 70.2 cm³/mol. The second-order valence-corrected chi connectivity index (χ2v) is 5.65. The molecule has 0 saturated heterocycles. The molecule has 100 valence electrons. The largest absolute Gasteiger partial charge is 1.00 e. The van der Waals surface area contributed by atoms with Crippen molar-refractivity contribution in [3.05, 3.63) is 36.4 Å². The minimum Gasteiger partial charge on any atom is -0.473 e. The summed E-state index contributed by atoms with van der Waals surface area (Å²) in [6, 6.07) is 6.43. The summed E-state index contributed by atoms with van der Waals surface area (Å²) in [4.78, 5) is 1.59. The fourth-order valence-electron chi connectivity index (χ4n) is 1.16. The average molecular weight is 348 g/mol. The van der Waals surface area contributed by atoms with Crippen LogP contribution in [-0.4, -0.2) is 39.0 Å². The standard InChI is InChI=1S/C11H17BNO4S.2K/c1-10-4-6-11(7-5-10)18(15,16)17-9-8-13(3)12(2)14;;/h4-8,14H,9H2,1-3H3;;/q-1;2*+1. The molecule has 1 aromatic rings. The quantitative estimate of drug-likeness (QED) is 0.317. The van der Waals surface area contributed by atoms with Gasteiger partial charge >= 0.3 is 110 Å². The van der Waals surface area contributed by atoms with Gasteiger partial charge in [-0.2, -0.15) is 8.42 Å². The molecule has 0 amide bonds.